The first-order valence-electron chi connectivity index (χ1n) is 16.6. The average Bonchev–Trinajstić information content (AvgIpc) is 3.28. The largest absolute Gasteiger partial charge is 0.377 e. The van der Waals surface area contributed by atoms with Gasteiger partial charge in [-0.15, -0.1) is 0 Å². The zero-order chi connectivity index (χ0) is 31.8. The summed E-state index contributed by atoms with van der Waals surface area (Å²) in [6, 6.07) is 6.62. The van der Waals surface area contributed by atoms with Crippen LogP contribution in [0.1, 0.15) is 61.3 Å². The van der Waals surface area contributed by atoms with Crippen molar-refractivity contribution in [2.45, 2.75) is 58.5 Å². The van der Waals surface area contributed by atoms with E-state index in [2.05, 4.69) is 40.6 Å². The summed E-state index contributed by atoms with van der Waals surface area (Å²) >= 11 is 0. The van der Waals surface area contributed by atoms with Gasteiger partial charge in [0.2, 0.25) is 5.95 Å². The highest BCUT2D eigenvalue weighted by Gasteiger charge is 2.36. The predicted octanol–water partition coefficient (Wildman–Crippen LogP) is 4.90. The van der Waals surface area contributed by atoms with Gasteiger partial charge in [-0.1, -0.05) is 19.9 Å². The molecule has 3 aliphatic rings. The van der Waals surface area contributed by atoms with Gasteiger partial charge in [0.25, 0.3) is 5.91 Å². The number of hydrogen-bond acceptors (Lipinski definition) is 6. The van der Waals surface area contributed by atoms with Crippen molar-refractivity contribution >= 4 is 11.4 Å². The van der Waals surface area contributed by atoms with Crippen LogP contribution in [0.25, 0.3) is 16.6 Å². The number of rotatable bonds is 9. The number of imidazole rings is 1. The highest BCUT2D eigenvalue weighted by atomic mass is 19.1. The van der Waals surface area contributed by atoms with Gasteiger partial charge in [-0.3, -0.25) is 9.69 Å². The van der Waals surface area contributed by atoms with E-state index in [1.165, 1.54) is 25.0 Å². The summed E-state index contributed by atoms with van der Waals surface area (Å²) in [6.07, 6.45) is 4.37. The first-order valence-corrected chi connectivity index (χ1v) is 16.6. The number of likely N-dealkylation sites (tertiary alicyclic amines) is 1. The van der Waals surface area contributed by atoms with Crippen LogP contribution in [0.4, 0.5) is 8.78 Å². The van der Waals surface area contributed by atoms with Gasteiger partial charge in [-0.05, 0) is 75.5 Å². The van der Waals surface area contributed by atoms with Crippen molar-refractivity contribution in [2.24, 2.45) is 5.92 Å². The van der Waals surface area contributed by atoms with E-state index in [1.54, 1.807) is 22.3 Å². The Morgan fingerprint density at radius 2 is 1.82 bits per heavy atom. The zero-order valence-corrected chi connectivity index (χ0v) is 27.4. The number of amides is 1. The van der Waals surface area contributed by atoms with Crippen molar-refractivity contribution < 1.29 is 18.3 Å². The zero-order valence-electron chi connectivity index (χ0n) is 27.4. The van der Waals surface area contributed by atoms with Crippen molar-refractivity contribution in [2.75, 3.05) is 72.6 Å². The fourth-order valence-electron chi connectivity index (χ4n) is 7.40. The molecule has 3 fully saturated rings. The van der Waals surface area contributed by atoms with Gasteiger partial charge in [0.15, 0.2) is 0 Å². The number of benzene rings is 1. The van der Waals surface area contributed by atoms with Crippen LogP contribution >= 0.6 is 0 Å². The Hall–Kier alpha value is -2.92. The van der Waals surface area contributed by atoms with Crippen LogP contribution in [0.5, 0.6) is 0 Å². The van der Waals surface area contributed by atoms with Crippen molar-refractivity contribution in [1.82, 2.24) is 29.0 Å². The molecule has 244 valence electrons. The maximum Gasteiger partial charge on any atom is 0.254 e. The van der Waals surface area contributed by atoms with E-state index in [0.717, 1.165) is 51.4 Å². The normalized spacial score (nSPS) is 21.5. The molecular formula is C35H48F2N6O2. The van der Waals surface area contributed by atoms with E-state index in [1.807, 2.05) is 19.2 Å². The van der Waals surface area contributed by atoms with E-state index in [0.29, 0.717) is 54.2 Å². The second-order valence-corrected chi connectivity index (χ2v) is 13.7. The third-order valence-electron chi connectivity index (χ3n) is 10.2. The molecule has 3 aliphatic heterocycles. The van der Waals surface area contributed by atoms with E-state index in [-0.39, 0.29) is 23.4 Å². The fourth-order valence-corrected chi connectivity index (χ4v) is 7.40. The van der Waals surface area contributed by atoms with Crippen molar-refractivity contribution in [1.29, 1.82) is 0 Å². The van der Waals surface area contributed by atoms with Gasteiger partial charge in [-0.25, -0.2) is 9.37 Å². The van der Waals surface area contributed by atoms with Crippen molar-refractivity contribution in [3.8, 4) is 11.1 Å². The summed E-state index contributed by atoms with van der Waals surface area (Å²) in [6.45, 7) is 17.3. The van der Waals surface area contributed by atoms with Crippen LogP contribution in [0.2, 0.25) is 0 Å². The van der Waals surface area contributed by atoms with Crippen molar-refractivity contribution in [3.63, 3.8) is 0 Å². The van der Waals surface area contributed by atoms with Crippen LogP contribution in [0.3, 0.4) is 0 Å². The van der Waals surface area contributed by atoms with Crippen LogP contribution in [-0.2, 0) is 4.74 Å². The number of pyridine rings is 1. The number of fused-ring (bicyclic) bond motifs is 1. The first kappa shape index (κ1) is 32.0. The number of carbonyl (C=O) groups is 1. The number of ether oxygens (including phenoxy) is 1. The molecule has 3 aromatic rings. The smallest absolute Gasteiger partial charge is 0.254 e. The van der Waals surface area contributed by atoms with E-state index < -0.39 is 11.8 Å². The number of aryl methyl sites for hydroxylation is 1. The molecule has 0 aliphatic carbocycles. The lowest BCUT2D eigenvalue weighted by molar-refractivity contribution is 0.00361. The fraction of sp³-hybridized carbons (Fsp3) is 0.600. The molecule has 0 saturated carbocycles. The molecule has 2 aromatic heterocycles. The van der Waals surface area contributed by atoms with Crippen LogP contribution < -0.4 is 0 Å². The molecule has 6 rings (SSSR count). The Labute approximate surface area is 265 Å². The van der Waals surface area contributed by atoms with Crippen LogP contribution in [0.15, 0.2) is 30.5 Å². The predicted molar refractivity (Wildman–Crippen MR) is 173 cm³/mol. The highest BCUT2D eigenvalue weighted by Crippen LogP contribution is 2.38. The third kappa shape index (κ3) is 6.66. The summed E-state index contributed by atoms with van der Waals surface area (Å²) in [7, 11) is 2.20. The maximum atomic E-state index is 15.4. The summed E-state index contributed by atoms with van der Waals surface area (Å²) < 4.78 is 37.4. The van der Waals surface area contributed by atoms with Gasteiger partial charge in [0.05, 0.1) is 24.8 Å². The van der Waals surface area contributed by atoms with Gasteiger partial charge in [-0.2, -0.15) is 4.39 Å². The van der Waals surface area contributed by atoms with Gasteiger partial charge in [0.1, 0.15) is 17.2 Å². The molecule has 1 aromatic carbocycles. The van der Waals surface area contributed by atoms with Crippen LogP contribution in [0, 0.1) is 24.6 Å². The number of aromatic nitrogens is 2. The Morgan fingerprint density at radius 1 is 1.07 bits per heavy atom. The van der Waals surface area contributed by atoms with Crippen molar-refractivity contribution in [3.05, 3.63) is 59.2 Å². The first-order chi connectivity index (χ1) is 21.6. The standard InChI is InChI=1S/C35H48F2N6O2/c1-23(2)32(7-6-10-40-13-11-39(5)12-14-40)41-19-27(20-41)26-17-30(33-34(37)38-25(4)43(33)21-26)29-9-8-28(36)18-31(29)35(44)42-15-16-45-22-24(42)3/h8-9,17-18,21,23-24,27,32H,6-7,10-16,19-20,22H2,1-5H3/t24-,32-/m1/s1. The second kappa shape index (κ2) is 13.4. The van der Waals surface area contributed by atoms with E-state index in [9.17, 15) is 9.18 Å². The summed E-state index contributed by atoms with van der Waals surface area (Å²) in [5.41, 5.74) is 2.71. The SMILES string of the molecule is Cc1nc(F)c2c(-c3ccc(F)cc3C(=O)N3CCOC[C@H]3C)cc(C3CN([C@H](CCCN4CCN(C)CC4)C(C)C)C3)cn12. The number of halogens is 2. The Balaban J connectivity index is 1.25. The molecule has 8 nitrogen and oxygen atoms in total. The van der Waals surface area contributed by atoms with Crippen LogP contribution in [-0.4, -0.2) is 120 Å². The van der Waals surface area contributed by atoms with Gasteiger partial charge in [0, 0.05) is 69.5 Å². The summed E-state index contributed by atoms with van der Waals surface area (Å²) in [4.78, 5) is 27.3. The lowest BCUT2D eigenvalue weighted by Gasteiger charge is -2.46. The Kier molecular flexibility index (Phi) is 9.57. The lowest BCUT2D eigenvalue weighted by Crippen LogP contribution is -2.52. The molecule has 45 heavy (non-hydrogen) atoms. The Bertz CT molecular complexity index is 1510. The van der Waals surface area contributed by atoms with Gasteiger partial charge >= 0.3 is 0 Å². The topological polar surface area (TPSA) is 56.6 Å². The molecule has 0 N–H and O–H groups in total. The molecule has 5 heterocycles. The molecule has 3 saturated heterocycles. The number of piperazine rings is 1. The van der Waals surface area contributed by atoms with E-state index in [4.69, 9.17) is 4.74 Å². The molecule has 0 bridgehead atoms. The molecule has 10 heteroatoms. The molecule has 0 unspecified atom stereocenters. The molecule has 0 spiro atoms. The maximum absolute atomic E-state index is 15.4. The number of hydrogen-bond donors (Lipinski definition) is 0. The number of morpholine rings is 1. The lowest BCUT2D eigenvalue weighted by atomic mass is 9.85. The second-order valence-electron chi connectivity index (χ2n) is 13.7. The Morgan fingerprint density at radius 3 is 2.53 bits per heavy atom. The minimum atomic E-state index is -0.591. The molecular weight excluding hydrogens is 574 g/mol. The molecule has 0 radical (unpaired) electrons. The number of carbonyl (C=O) groups excluding carboxylic acids is 1. The molecule has 1 amide bonds. The monoisotopic (exact) mass is 622 g/mol. The van der Waals surface area contributed by atoms with Gasteiger partial charge < -0.3 is 23.8 Å². The summed E-state index contributed by atoms with van der Waals surface area (Å²) in [5.74, 6) is 0.0103. The number of likely N-dealkylation sites (N-methyl/N-ethyl adjacent to an activating group) is 1. The highest BCUT2D eigenvalue weighted by molar-refractivity contribution is 6.03. The summed E-state index contributed by atoms with van der Waals surface area (Å²) in [5, 5.41) is 0. The minimum absolute atomic E-state index is 0.140. The minimum Gasteiger partial charge on any atom is -0.377 e. The quantitative estimate of drug-likeness (QED) is 0.339. The average molecular weight is 623 g/mol. The number of nitrogens with zero attached hydrogens (tertiary/aromatic N) is 6. The molecule has 2 atom stereocenters. The third-order valence-corrected chi connectivity index (χ3v) is 10.2. The van der Waals surface area contributed by atoms with E-state index >= 15 is 4.39 Å².